The van der Waals surface area contributed by atoms with Crippen LogP contribution in [-0.2, 0) is 0 Å². The van der Waals surface area contributed by atoms with Crippen LogP contribution in [0.1, 0.15) is 13.3 Å². The lowest BCUT2D eigenvalue weighted by Gasteiger charge is -2.05. The Morgan fingerprint density at radius 1 is 1.67 bits per heavy atom. The molecule has 1 N–H and O–H groups in total. The highest BCUT2D eigenvalue weighted by Gasteiger charge is 2.32. The van der Waals surface area contributed by atoms with Crippen LogP contribution in [0.4, 0.5) is 5.69 Å². The summed E-state index contributed by atoms with van der Waals surface area (Å²) in [7, 11) is 0. The smallest absolute Gasteiger partial charge is 0.0590 e. The normalized spacial score (nSPS) is 26.8. The molecule has 1 aromatic rings. The van der Waals surface area contributed by atoms with Crippen LogP contribution in [0.25, 0.3) is 0 Å². The van der Waals surface area contributed by atoms with E-state index in [4.69, 9.17) is 0 Å². The summed E-state index contributed by atoms with van der Waals surface area (Å²) in [6.07, 6.45) is 4.91. The van der Waals surface area contributed by atoms with Gasteiger partial charge in [0, 0.05) is 18.4 Å². The Labute approximate surface area is 80.5 Å². The van der Waals surface area contributed by atoms with Crippen molar-refractivity contribution in [2.24, 2.45) is 5.92 Å². The lowest BCUT2D eigenvalue weighted by atomic mass is 10.4. The second-order valence-electron chi connectivity index (χ2n) is 3.32. The molecule has 0 radical (unpaired) electrons. The molecule has 2 nitrogen and oxygen atoms in total. The van der Waals surface area contributed by atoms with Crippen LogP contribution in [0, 0.1) is 5.92 Å². The van der Waals surface area contributed by atoms with Crippen molar-refractivity contribution in [3.8, 4) is 0 Å². The van der Waals surface area contributed by atoms with E-state index in [0.29, 0.717) is 6.04 Å². The fourth-order valence-electron chi connectivity index (χ4n) is 1.22. The van der Waals surface area contributed by atoms with Gasteiger partial charge in [-0.15, -0.1) is 0 Å². The van der Waals surface area contributed by atoms with Crippen molar-refractivity contribution >= 4 is 21.6 Å². The van der Waals surface area contributed by atoms with Gasteiger partial charge in [0.1, 0.15) is 0 Å². The molecule has 0 amide bonds. The molecule has 2 unspecified atom stereocenters. The van der Waals surface area contributed by atoms with Crippen molar-refractivity contribution < 1.29 is 0 Å². The Hall–Kier alpha value is -0.570. The molecule has 1 aliphatic rings. The molecule has 2 atom stereocenters. The molecule has 0 aromatic carbocycles. The van der Waals surface area contributed by atoms with E-state index in [1.54, 1.807) is 6.20 Å². The quantitative estimate of drug-likeness (QED) is 0.840. The van der Waals surface area contributed by atoms with Crippen molar-refractivity contribution in [2.45, 2.75) is 19.4 Å². The molecule has 1 saturated carbocycles. The predicted molar refractivity (Wildman–Crippen MR) is 53.1 cm³/mol. The molecule has 0 aliphatic heterocycles. The molecule has 1 aromatic heterocycles. The van der Waals surface area contributed by atoms with Crippen molar-refractivity contribution in [1.29, 1.82) is 0 Å². The third kappa shape index (κ3) is 1.61. The van der Waals surface area contributed by atoms with Gasteiger partial charge in [-0.25, -0.2) is 0 Å². The van der Waals surface area contributed by atoms with Gasteiger partial charge in [0.2, 0.25) is 0 Å². The van der Waals surface area contributed by atoms with E-state index in [1.165, 1.54) is 6.42 Å². The minimum absolute atomic E-state index is 0.670. The standard InChI is InChI=1S/C9H11BrN2/c1-6-4-9(6)12-8-2-3-11-5-7(8)10/h2-3,5-6,9H,4H2,1H3,(H,11,12). The maximum atomic E-state index is 4.00. The highest BCUT2D eigenvalue weighted by molar-refractivity contribution is 9.10. The average molecular weight is 227 g/mol. The molecule has 0 spiro atoms. The number of nitrogens with zero attached hydrogens (tertiary/aromatic N) is 1. The Morgan fingerprint density at radius 2 is 2.42 bits per heavy atom. The Bertz CT molecular complexity index is 288. The molecule has 64 valence electrons. The van der Waals surface area contributed by atoms with Crippen LogP contribution in [0.2, 0.25) is 0 Å². The average Bonchev–Trinajstić information content (AvgIpc) is 2.72. The highest BCUT2D eigenvalue weighted by atomic mass is 79.9. The number of halogens is 1. The number of aromatic nitrogens is 1. The molecular formula is C9H11BrN2. The molecule has 1 fully saturated rings. The third-order valence-corrected chi connectivity index (χ3v) is 2.85. The second kappa shape index (κ2) is 3.05. The molecule has 3 heteroatoms. The van der Waals surface area contributed by atoms with E-state index in [0.717, 1.165) is 16.1 Å². The van der Waals surface area contributed by atoms with Gasteiger partial charge in [-0.05, 0) is 34.3 Å². The van der Waals surface area contributed by atoms with E-state index in [2.05, 4.69) is 33.2 Å². The summed E-state index contributed by atoms with van der Waals surface area (Å²) in [5.74, 6) is 0.824. The number of pyridine rings is 1. The summed E-state index contributed by atoms with van der Waals surface area (Å²) in [6.45, 7) is 2.26. The summed E-state index contributed by atoms with van der Waals surface area (Å²) >= 11 is 3.45. The minimum Gasteiger partial charge on any atom is -0.381 e. The lowest BCUT2D eigenvalue weighted by Crippen LogP contribution is -2.03. The van der Waals surface area contributed by atoms with Crippen molar-refractivity contribution in [3.63, 3.8) is 0 Å². The van der Waals surface area contributed by atoms with Gasteiger partial charge in [0.25, 0.3) is 0 Å². The number of anilines is 1. The van der Waals surface area contributed by atoms with Gasteiger partial charge in [-0.1, -0.05) is 6.92 Å². The first-order chi connectivity index (χ1) is 5.77. The molecule has 1 heterocycles. The van der Waals surface area contributed by atoms with E-state index in [9.17, 15) is 0 Å². The van der Waals surface area contributed by atoms with Gasteiger partial charge in [0.15, 0.2) is 0 Å². The van der Waals surface area contributed by atoms with Crippen molar-refractivity contribution in [2.75, 3.05) is 5.32 Å². The topological polar surface area (TPSA) is 24.9 Å². The van der Waals surface area contributed by atoms with Crippen LogP contribution < -0.4 is 5.32 Å². The predicted octanol–water partition coefficient (Wildman–Crippen LogP) is 2.66. The SMILES string of the molecule is CC1CC1Nc1ccncc1Br. The summed E-state index contributed by atoms with van der Waals surface area (Å²) in [5.41, 5.74) is 1.15. The summed E-state index contributed by atoms with van der Waals surface area (Å²) in [5, 5.41) is 3.45. The van der Waals surface area contributed by atoms with E-state index >= 15 is 0 Å². The summed E-state index contributed by atoms with van der Waals surface area (Å²) in [4.78, 5) is 4.00. The Balaban J connectivity index is 2.08. The van der Waals surface area contributed by atoms with Gasteiger partial charge in [0.05, 0.1) is 10.2 Å². The largest absolute Gasteiger partial charge is 0.381 e. The van der Waals surface area contributed by atoms with Crippen molar-refractivity contribution in [3.05, 3.63) is 22.9 Å². The summed E-state index contributed by atoms with van der Waals surface area (Å²) in [6, 6.07) is 2.67. The van der Waals surface area contributed by atoms with E-state index in [-0.39, 0.29) is 0 Å². The van der Waals surface area contributed by atoms with Gasteiger partial charge < -0.3 is 5.32 Å². The molecular weight excluding hydrogens is 216 g/mol. The van der Waals surface area contributed by atoms with Gasteiger partial charge in [-0.3, -0.25) is 4.98 Å². The first-order valence-electron chi connectivity index (χ1n) is 4.13. The number of hydrogen-bond donors (Lipinski definition) is 1. The fourth-order valence-corrected chi connectivity index (χ4v) is 1.58. The third-order valence-electron chi connectivity index (χ3n) is 2.22. The summed E-state index contributed by atoms with van der Waals surface area (Å²) < 4.78 is 1.05. The Kier molecular flexibility index (Phi) is 2.05. The molecule has 1 aliphatic carbocycles. The van der Waals surface area contributed by atoms with Gasteiger partial charge in [-0.2, -0.15) is 0 Å². The van der Waals surface area contributed by atoms with Crippen LogP contribution in [-0.4, -0.2) is 11.0 Å². The first kappa shape index (κ1) is 8.05. The molecule has 2 rings (SSSR count). The maximum absolute atomic E-state index is 4.00. The Morgan fingerprint density at radius 3 is 3.00 bits per heavy atom. The van der Waals surface area contributed by atoms with Crippen LogP contribution in [0.15, 0.2) is 22.9 Å². The first-order valence-corrected chi connectivity index (χ1v) is 4.92. The zero-order valence-corrected chi connectivity index (χ0v) is 8.51. The lowest BCUT2D eigenvalue weighted by molar-refractivity contribution is 0.928. The minimum atomic E-state index is 0.670. The maximum Gasteiger partial charge on any atom is 0.0590 e. The number of hydrogen-bond acceptors (Lipinski definition) is 2. The van der Waals surface area contributed by atoms with E-state index in [1.807, 2.05) is 12.3 Å². The fraction of sp³-hybridized carbons (Fsp3) is 0.444. The molecule has 12 heavy (non-hydrogen) atoms. The van der Waals surface area contributed by atoms with Gasteiger partial charge >= 0.3 is 0 Å². The van der Waals surface area contributed by atoms with E-state index < -0.39 is 0 Å². The van der Waals surface area contributed by atoms with Crippen LogP contribution >= 0.6 is 15.9 Å². The molecule has 0 bridgehead atoms. The molecule has 0 saturated heterocycles. The monoisotopic (exact) mass is 226 g/mol. The zero-order chi connectivity index (χ0) is 8.55. The van der Waals surface area contributed by atoms with Crippen LogP contribution in [0.5, 0.6) is 0 Å². The zero-order valence-electron chi connectivity index (χ0n) is 6.92. The number of rotatable bonds is 2. The highest BCUT2D eigenvalue weighted by Crippen LogP contribution is 2.34. The van der Waals surface area contributed by atoms with Crippen LogP contribution in [0.3, 0.4) is 0 Å². The number of nitrogens with one attached hydrogen (secondary N) is 1. The second-order valence-corrected chi connectivity index (χ2v) is 4.17. The van der Waals surface area contributed by atoms with Crippen molar-refractivity contribution in [1.82, 2.24) is 4.98 Å².